The first-order valence-corrected chi connectivity index (χ1v) is 11.0. The van der Waals surface area contributed by atoms with Crippen LogP contribution in [0.25, 0.3) is 5.69 Å². The van der Waals surface area contributed by atoms with Crippen LogP contribution in [-0.2, 0) is 16.6 Å². The predicted octanol–water partition coefficient (Wildman–Crippen LogP) is 4.17. The molecule has 0 bridgehead atoms. The molecule has 2 heterocycles. The van der Waals surface area contributed by atoms with E-state index in [0.717, 1.165) is 10.7 Å². The van der Waals surface area contributed by atoms with Crippen LogP contribution in [0.1, 0.15) is 10.7 Å². The van der Waals surface area contributed by atoms with E-state index in [9.17, 15) is 12.8 Å². The zero-order valence-corrected chi connectivity index (χ0v) is 17.1. The highest BCUT2D eigenvalue weighted by molar-refractivity contribution is 7.92. The third-order valence-corrected chi connectivity index (χ3v) is 6.80. The molecule has 0 aliphatic carbocycles. The molecule has 148 valence electrons. The van der Waals surface area contributed by atoms with Crippen molar-refractivity contribution in [1.82, 2.24) is 14.8 Å². The van der Waals surface area contributed by atoms with E-state index in [-0.39, 0.29) is 11.4 Å². The molecule has 2 aromatic carbocycles. The van der Waals surface area contributed by atoms with Gasteiger partial charge in [-0.05, 0) is 43.3 Å². The first-order valence-electron chi connectivity index (χ1n) is 8.73. The SMILES string of the molecule is Cc1nc(CN(c2ccc(F)cc2)S(=O)(=O)c2cnn(-c3ccccc3)c2)cs1. The summed E-state index contributed by atoms with van der Waals surface area (Å²) in [5.41, 5.74) is 1.72. The monoisotopic (exact) mass is 428 g/mol. The highest BCUT2D eigenvalue weighted by Gasteiger charge is 2.27. The van der Waals surface area contributed by atoms with E-state index in [1.54, 1.807) is 0 Å². The fourth-order valence-electron chi connectivity index (χ4n) is 2.84. The summed E-state index contributed by atoms with van der Waals surface area (Å²) in [7, 11) is -3.95. The van der Waals surface area contributed by atoms with E-state index >= 15 is 0 Å². The van der Waals surface area contributed by atoms with Gasteiger partial charge in [-0.3, -0.25) is 4.31 Å². The van der Waals surface area contributed by atoms with Crippen LogP contribution in [-0.4, -0.2) is 23.2 Å². The molecule has 4 aromatic rings. The summed E-state index contributed by atoms with van der Waals surface area (Å²) in [6.07, 6.45) is 2.78. The molecular weight excluding hydrogens is 411 g/mol. The van der Waals surface area contributed by atoms with Crippen molar-refractivity contribution in [1.29, 1.82) is 0 Å². The van der Waals surface area contributed by atoms with Crippen molar-refractivity contribution in [2.45, 2.75) is 18.4 Å². The molecule has 6 nitrogen and oxygen atoms in total. The van der Waals surface area contributed by atoms with Gasteiger partial charge in [-0.1, -0.05) is 18.2 Å². The number of benzene rings is 2. The van der Waals surface area contributed by atoms with Crippen molar-refractivity contribution in [3.8, 4) is 5.69 Å². The first kappa shape index (κ1) is 19.3. The lowest BCUT2D eigenvalue weighted by Crippen LogP contribution is -2.30. The summed E-state index contributed by atoms with van der Waals surface area (Å²) in [5, 5.41) is 6.85. The number of halogens is 1. The molecule has 0 aliphatic rings. The molecule has 0 spiro atoms. The second kappa shape index (κ2) is 7.76. The highest BCUT2D eigenvalue weighted by Crippen LogP contribution is 2.27. The highest BCUT2D eigenvalue weighted by atomic mass is 32.2. The number of aromatic nitrogens is 3. The smallest absolute Gasteiger partial charge is 0.260 e. The largest absolute Gasteiger partial charge is 0.267 e. The Hall–Kier alpha value is -3.04. The van der Waals surface area contributed by atoms with Gasteiger partial charge in [0.05, 0.1) is 41.0 Å². The van der Waals surface area contributed by atoms with Gasteiger partial charge in [0.2, 0.25) is 0 Å². The van der Waals surface area contributed by atoms with Gasteiger partial charge in [0.25, 0.3) is 10.0 Å². The van der Waals surface area contributed by atoms with Crippen LogP contribution in [0.5, 0.6) is 0 Å². The number of sulfonamides is 1. The van der Waals surface area contributed by atoms with Crippen molar-refractivity contribution in [2.24, 2.45) is 0 Å². The second-order valence-electron chi connectivity index (χ2n) is 6.30. The van der Waals surface area contributed by atoms with Gasteiger partial charge < -0.3 is 0 Å². The van der Waals surface area contributed by atoms with E-state index < -0.39 is 15.8 Å². The lowest BCUT2D eigenvalue weighted by Gasteiger charge is -2.23. The predicted molar refractivity (Wildman–Crippen MR) is 110 cm³/mol. The van der Waals surface area contributed by atoms with Crippen LogP contribution in [0, 0.1) is 12.7 Å². The van der Waals surface area contributed by atoms with E-state index in [1.807, 2.05) is 42.6 Å². The van der Waals surface area contributed by atoms with Crippen molar-refractivity contribution >= 4 is 27.0 Å². The molecule has 0 amide bonds. The topological polar surface area (TPSA) is 68.1 Å². The standard InChI is InChI=1S/C20H17FN4O2S2/c1-15-23-17(14-28-15)12-25(19-9-7-16(21)8-10-19)29(26,27)20-11-22-24(13-20)18-5-3-2-4-6-18/h2-11,13-14H,12H2,1H3. The molecule has 0 unspecified atom stereocenters. The van der Waals surface area contributed by atoms with Crippen molar-refractivity contribution in [3.63, 3.8) is 0 Å². The third-order valence-electron chi connectivity index (χ3n) is 4.25. The number of rotatable bonds is 6. The minimum absolute atomic E-state index is 0.0365. The summed E-state index contributed by atoms with van der Waals surface area (Å²) in [6.45, 7) is 1.89. The average Bonchev–Trinajstić information content (AvgIpc) is 3.37. The van der Waals surface area contributed by atoms with Gasteiger partial charge in [0.15, 0.2) is 0 Å². The number of aryl methyl sites for hydroxylation is 1. The molecule has 9 heteroatoms. The summed E-state index contributed by atoms with van der Waals surface area (Å²) in [4.78, 5) is 4.41. The Labute approximate surface area is 171 Å². The Bertz CT molecular complexity index is 1220. The van der Waals surface area contributed by atoms with Gasteiger partial charge in [-0.25, -0.2) is 22.5 Å². The molecule has 29 heavy (non-hydrogen) atoms. The Morgan fingerprint density at radius 2 is 1.83 bits per heavy atom. The summed E-state index contributed by atoms with van der Waals surface area (Å²) >= 11 is 1.44. The second-order valence-corrected chi connectivity index (χ2v) is 9.23. The van der Waals surface area contributed by atoms with E-state index in [1.165, 1.54) is 57.0 Å². The maximum absolute atomic E-state index is 13.4. The number of hydrogen-bond donors (Lipinski definition) is 0. The molecule has 0 saturated carbocycles. The van der Waals surface area contributed by atoms with Crippen LogP contribution in [0.3, 0.4) is 0 Å². The summed E-state index contributed by atoms with van der Waals surface area (Å²) < 4.78 is 43.0. The van der Waals surface area contributed by atoms with Crippen LogP contribution < -0.4 is 4.31 Å². The molecule has 0 saturated heterocycles. The Kier molecular flexibility index (Phi) is 5.16. The number of hydrogen-bond acceptors (Lipinski definition) is 5. The normalized spacial score (nSPS) is 11.5. The zero-order chi connectivity index (χ0) is 20.4. The number of thiazole rings is 1. The van der Waals surface area contributed by atoms with Gasteiger partial charge in [-0.15, -0.1) is 11.3 Å². The molecule has 0 radical (unpaired) electrons. The van der Waals surface area contributed by atoms with E-state index in [2.05, 4.69) is 10.1 Å². The molecular formula is C20H17FN4O2S2. The van der Waals surface area contributed by atoms with Gasteiger partial charge >= 0.3 is 0 Å². The lowest BCUT2D eigenvalue weighted by atomic mass is 10.3. The third kappa shape index (κ3) is 4.06. The van der Waals surface area contributed by atoms with Crippen molar-refractivity contribution in [3.05, 3.63) is 88.9 Å². The quantitative estimate of drug-likeness (QED) is 0.462. The molecule has 4 rings (SSSR count). The maximum atomic E-state index is 13.4. The molecule has 0 fully saturated rings. The average molecular weight is 429 g/mol. The van der Waals surface area contributed by atoms with Crippen LogP contribution in [0.4, 0.5) is 10.1 Å². The zero-order valence-electron chi connectivity index (χ0n) is 15.4. The van der Waals surface area contributed by atoms with Crippen LogP contribution in [0.15, 0.2) is 77.3 Å². The minimum atomic E-state index is -3.95. The Morgan fingerprint density at radius 3 is 2.48 bits per heavy atom. The molecule has 2 aromatic heterocycles. The van der Waals surface area contributed by atoms with E-state index in [4.69, 9.17) is 0 Å². The van der Waals surface area contributed by atoms with Crippen molar-refractivity contribution < 1.29 is 12.8 Å². The molecule has 0 aliphatic heterocycles. The van der Waals surface area contributed by atoms with Gasteiger partial charge in [0, 0.05) is 5.38 Å². The van der Waals surface area contributed by atoms with Crippen LogP contribution >= 0.6 is 11.3 Å². The number of anilines is 1. The van der Waals surface area contributed by atoms with Crippen molar-refractivity contribution in [2.75, 3.05) is 4.31 Å². The fourth-order valence-corrected chi connectivity index (χ4v) is 4.81. The number of nitrogens with zero attached hydrogens (tertiary/aromatic N) is 4. The summed E-state index contributed by atoms with van der Waals surface area (Å²) in [5.74, 6) is -0.438. The van der Waals surface area contributed by atoms with Gasteiger partial charge in [0.1, 0.15) is 10.7 Å². The Balaban J connectivity index is 1.74. The van der Waals surface area contributed by atoms with Crippen LogP contribution in [0.2, 0.25) is 0 Å². The fraction of sp³-hybridized carbons (Fsp3) is 0.100. The summed E-state index contributed by atoms with van der Waals surface area (Å²) in [6, 6.07) is 14.6. The molecule has 0 atom stereocenters. The first-order chi connectivity index (χ1) is 13.9. The molecule has 0 N–H and O–H groups in total. The maximum Gasteiger partial charge on any atom is 0.267 e. The number of para-hydroxylation sites is 1. The lowest BCUT2D eigenvalue weighted by molar-refractivity contribution is 0.589. The Morgan fingerprint density at radius 1 is 1.10 bits per heavy atom. The minimum Gasteiger partial charge on any atom is -0.260 e. The van der Waals surface area contributed by atoms with Gasteiger partial charge in [-0.2, -0.15) is 5.10 Å². The van der Waals surface area contributed by atoms with E-state index in [0.29, 0.717) is 11.4 Å².